The number of rotatable bonds is 7. The van der Waals surface area contributed by atoms with Gasteiger partial charge in [0.25, 0.3) is 0 Å². The SMILES string of the molecule is CCOc1ccccc1NC(=O)C(=O)NC[C@H](c1ccc2c(c1)CCCN2C)N1CCOCC1. The molecule has 8 heteroatoms. The lowest BCUT2D eigenvalue weighted by atomic mass is 9.95. The Hall–Kier alpha value is -3.10. The lowest BCUT2D eigenvalue weighted by Gasteiger charge is -2.36. The highest BCUT2D eigenvalue weighted by Crippen LogP contribution is 2.31. The molecule has 2 heterocycles. The van der Waals surface area contributed by atoms with Crippen molar-refractivity contribution in [2.45, 2.75) is 25.8 Å². The van der Waals surface area contributed by atoms with E-state index in [-0.39, 0.29) is 6.04 Å². The maximum absolute atomic E-state index is 12.7. The second kappa shape index (κ2) is 11.4. The van der Waals surface area contributed by atoms with Crippen molar-refractivity contribution in [3.05, 3.63) is 53.6 Å². The van der Waals surface area contributed by atoms with Gasteiger partial charge >= 0.3 is 11.8 Å². The Kier molecular flexibility index (Phi) is 8.03. The largest absolute Gasteiger partial charge is 0.492 e. The fourth-order valence-corrected chi connectivity index (χ4v) is 4.66. The van der Waals surface area contributed by atoms with Gasteiger partial charge in [0.1, 0.15) is 5.75 Å². The zero-order valence-electron chi connectivity index (χ0n) is 20.0. The van der Waals surface area contributed by atoms with Crippen molar-refractivity contribution in [3.8, 4) is 5.75 Å². The highest BCUT2D eigenvalue weighted by atomic mass is 16.5. The van der Waals surface area contributed by atoms with Crippen molar-refractivity contribution in [1.29, 1.82) is 0 Å². The Morgan fingerprint density at radius 1 is 1.09 bits per heavy atom. The monoisotopic (exact) mass is 466 g/mol. The van der Waals surface area contributed by atoms with Crippen molar-refractivity contribution in [2.75, 3.05) is 63.3 Å². The maximum Gasteiger partial charge on any atom is 0.313 e. The molecule has 2 aliphatic heterocycles. The molecule has 1 atom stereocenters. The summed E-state index contributed by atoms with van der Waals surface area (Å²) in [6.45, 7) is 6.63. The van der Waals surface area contributed by atoms with E-state index in [9.17, 15) is 9.59 Å². The normalized spacial score (nSPS) is 16.9. The summed E-state index contributed by atoms with van der Waals surface area (Å²) in [6.07, 6.45) is 2.19. The summed E-state index contributed by atoms with van der Waals surface area (Å²) in [4.78, 5) is 29.9. The van der Waals surface area contributed by atoms with Crippen LogP contribution in [0, 0.1) is 0 Å². The number of anilines is 2. The van der Waals surface area contributed by atoms with Gasteiger partial charge in [-0.05, 0) is 49.1 Å². The fraction of sp³-hybridized carbons (Fsp3) is 0.462. The molecule has 1 fully saturated rings. The minimum atomic E-state index is -0.708. The molecule has 2 aliphatic rings. The summed E-state index contributed by atoms with van der Waals surface area (Å²) in [7, 11) is 2.12. The topological polar surface area (TPSA) is 83.1 Å². The predicted molar refractivity (Wildman–Crippen MR) is 132 cm³/mol. The number of aryl methyl sites for hydroxylation is 1. The van der Waals surface area contributed by atoms with Crippen LogP contribution in [-0.2, 0) is 20.7 Å². The third-order valence-electron chi connectivity index (χ3n) is 6.42. The molecule has 2 aromatic carbocycles. The van der Waals surface area contributed by atoms with Gasteiger partial charge in [0.15, 0.2) is 0 Å². The molecule has 0 spiro atoms. The molecule has 0 saturated carbocycles. The average Bonchev–Trinajstić information content (AvgIpc) is 2.86. The summed E-state index contributed by atoms with van der Waals surface area (Å²) in [5.74, 6) is -0.835. The second-order valence-corrected chi connectivity index (χ2v) is 8.67. The number of morpholine rings is 1. The third-order valence-corrected chi connectivity index (χ3v) is 6.42. The van der Waals surface area contributed by atoms with Crippen molar-refractivity contribution in [3.63, 3.8) is 0 Å². The number of amides is 2. The van der Waals surface area contributed by atoms with Crippen LogP contribution in [-0.4, -0.2) is 69.8 Å². The maximum atomic E-state index is 12.7. The first kappa shape index (κ1) is 24.0. The first-order valence-corrected chi connectivity index (χ1v) is 12.0. The van der Waals surface area contributed by atoms with E-state index in [1.165, 1.54) is 11.3 Å². The zero-order valence-corrected chi connectivity index (χ0v) is 20.0. The number of ether oxygens (including phenoxy) is 2. The molecule has 0 bridgehead atoms. The van der Waals surface area contributed by atoms with Crippen LogP contribution in [0.5, 0.6) is 5.75 Å². The predicted octanol–water partition coefficient (Wildman–Crippen LogP) is 2.60. The molecule has 4 rings (SSSR count). The van der Waals surface area contributed by atoms with Gasteiger partial charge in [0.05, 0.1) is 31.5 Å². The second-order valence-electron chi connectivity index (χ2n) is 8.67. The van der Waals surface area contributed by atoms with E-state index in [0.717, 1.165) is 38.0 Å². The first-order chi connectivity index (χ1) is 16.6. The number of carbonyl (C=O) groups is 2. The summed E-state index contributed by atoms with van der Waals surface area (Å²) < 4.78 is 11.1. The number of nitrogens with one attached hydrogen (secondary N) is 2. The Balaban J connectivity index is 1.46. The van der Waals surface area contributed by atoms with Gasteiger partial charge in [0.2, 0.25) is 0 Å². The van der Waals surface area contributed by atoms with E-state index in [1.807, 2.05) is 13.0 Å². The van der Waals surface area contributed by atoms with E-state index in [0.29, 0.717) is 37.8 Å². The van der Waals surface area contributed by atoms with Crippen molar-refractivity contribution < 1.29 is 19.1 Å². The average molecular weight is 467 g/mol. The van der Waals surface area contributed by atoms with Gasteiger partial charge in [-0.3, -0.25) is 14.5 Å². The molecular formula is C26H34N4O4. The van der Waals surface area contributed by atoms with Crippen LogP contribution in [0.1, 0.15) is 30.5 Å². The molecule has 0 aromatic heterocycles. The van der Waals surface area contributed by atoms with Crippen LogP contribution < -0.4 is 20.3 Å². The van der Waals surface area contributed by atoms with E-state index in [1.54, 1.807) is 18.2 Å². The molecule has 0 radical (unpaired) electrons. The van der Waals surface area contributed by atoms with Crippen LogP contribution in [0.15, 0.2) is 42.5 Å². The third kappa shape index (κ3) is 5.69. The molecule has 34 heavy (non-hydrogen) atoms. The Morgan fingerprint density at radius 3 is 2.68 bits per heavy atom. The highest BCUT2D eigenvalue weighted by molar-refractivity contribution is 6.39. The van der Waals surface area contributed by atoms with E-state index >= 15 is 0 Å². The standard InChI is InChI=1S/C26H34N4O4/c1-3-34-24-9-5-4-8-21(24)28-26(32)25(31)27-18-23(30-13-15-33-16-14-30)20-10-11-22-19(17-20)7-6-12-29(22)2/h4-5,8-11,17,23H,3,6-7,12-16,18H2,1-2H3,(H,27,31)(H,28,32)/t23-/m1/s1. The number of hydrogen-bond acceptors (Lipinski definition) is 6. The van der Waals surface area contributed by atoms with Crippen molar-refractivity contribution in [1.82, 2.24) is 10.2 Å². The smallest absolute Gasteiger partial charge is 0.313 e. The number of nitrogens with zero attached hydrogens (tertiary/aromatic N) is 2. The Labute approximate surface area is 201 Å². The number of para-hydroxylation sites is 2. The molecular weight excluding hydrogens is 432 g/mol. The molecule has 2 amide bonds. The van der Waals surface area contributed by atoms with Crippen LogP contribution in [0.4, 0.5) is 11.4 Å². The summed E-state index contributed by atoms with van der Waals surface area (Å²) in [5, 5.41) is 5.52. The Bertz CT molecular complexity index is 1010. The quantitative estimate of drug-likeness (QED) is 0.611. The molecule has 8 nitrogen and oxygen atoms in total. The van der Waals surface area contributed by atoms with Crippen LogP contribution in [0.2, 0.25) is 0 Å². The fourth-order valence-electron chi connectivity index (χ4n) is 4.66. The minimum Gasteiger partial charge on any atom is -0.492 e. The van der Waals surface area contributed by atoms with E-state index in [2.05, 4.69) is 45.7 Å². The number of fused-ring (bicyclic) bond motifs is 1. The molecule has 0 aliphatic carbocycles. The molecule has 0 unspecified atom stereocenters. The van der Waals surface area contributed by atoms with Crippen LogP contribution >= 0.6 is 0 Å². The summed E-state index contributed by atoms with van der Waals surface area (Å²) >= 11 is 0. The number of hydrogen-bond donors (Lipinski definition) is 2. The van der Waals surface area contributed by atoms with Gasteiger partial charge in [0, 0.05) is 38.9 Å². The molecule has 2 N–H and O–H groups in total. The van der Waals surface area contributed by atoms with E-state index < -0.39 is 11.8 Å². The van der Waals surface area contributed by atoms with Gasteiger partial charge in [-0.25, -0.2) is 0 Å². The van der Waals surface area contributed by atoms with Gasteiger partial charge in [-0.15, -0.1) is 0 Å². The molecule has 1 saturated heterocycles. The van der Waals surface area contributed by atoms with Gasteiger partial charge in [-0.2, -0.15) is 0 Å². The van der Waals surface area contributed by atoms with Crippen molar-refractivity contribution >= 4 is 23.2 Å². The minimum absolute atomic E-state index is 0.0334. The highest BCUT2D eigenvalue weighted by Gasteiger charge is 2.26. The summed E-state index contributed by atoms with van der Waals surface area (Å²) in [5.41, 5.74) is 4.24. The lowest BCUT2D eigenvalue weighted by Crippen LogP contribution is -2.45. The summed E-state index contributed by atoms with van der Waals surface area (Å²) in [6, 6.07) is 13.6. The molecule has 182 valence electrons. The van der Waals surface area contributed by atoms with E-state index in [4.69, 9.17) is 9.47 Å². The van der Waals surface area contributed by atoms with Gasteiger partial charge < -0.3 is 25.0 Å². The first-order valence-electron chi connectivity index (χ1n) is 12.0. The molecule has 2 aromatic rings. The van der Waals surface area contributed by atoms with Crippen LogP contribution in [0.3, 0.4) is 0 Å². The van der Waals surface area contributed by atoms with Gasteiger partial charge in [-0.1, -0.05) is 24.3 Å². The van der Waals surface area contributed by atoms with Crippen LogP contribution in [0.25, 0.3) is 0 Å². The number of carbonyl (C=O) groups excluding carboxylic acids is 2. The zero-order chi connectivity index (χ0) is 23.9. The Morgan fingerprint density at radius 2 is 1.88 bits per heavy atom. The van der Waals surface area contributed by atoms with Crippen molar-refractivity contribution in [2.24, 2.45) is 0 Å². The lowest BCUT2D eigenvalue weighted by molar-refractivity contribution is -0.136. The number of benzene rings is 2.